The molecule has 2 aromatic heterocycles. The first kappa shape index (κ1) is 13.7. The highest BCUT2D eigenvalue weighted by atomic mass is 32.1. The highest BCUT2D eigenvalue weighted by molar-refractivity contribution is 7.15. The van der Waals surface area contributed by atoms with Gasteiger partial charge < -0.3 is 0 Å². The summed E-state index contributed by atoms with van der Waals surface area (Å²) < 4.78 is 1.75. The van der Waals surface area contributed by atoms with Gasteiger partial charge in [0.15, 0.2) is 0 Å². The molecule has 5 nitrogen and oxygen atoms in total. The van der Waals surface area contributed by atoms with Crippen LogP contribution in [0.25, 0.3) is 16.2 Å². The third-order valence-corrected chi connectivity index (χ3v) is 4.23. The summed E-state index contributed by atoms with van der Waals surface area (Å²) in [5.41, 5.74) is 2.59. The van der Waals surface area contributed by atoms with Gasteiger partial charge in [-0.1, -0.05) is 48.5 Å². The van der Waals surface area contributed by atoms with Crippen molar-refractivity contribution in [2.75, 3.05) is 5.32 Å². The molecule has 0 unspecified atom stereocenters. The average Bonchev–Trinajstić information content (AvgIpc) is 3.16. The minimum absolute atomic E-state index is 0.217. The topological polar surface area (TPSA) is 59.3 Å². The van der Waals surface area contributed by atoms with E-state index in [0.29, 0.717) is 11.5 Å². The van der Waals surface area contributed by atoms with Gasteiger partial charge in [0.05, 0.1) is 5.69 Å². The molecule has 2 aromatic carbocycles. The fourth-order valence-corrected chi connectivity index (χ4v) is 3.14. The van der Waals surface area contributed by atoms with Gasteiger partial charge in [-0.2, -0.15) is 4.98 Å². The molecule has 0 saturated heterocycles. The maximum atomic E-state index is 12.2. The summed E-state index contributed by atoms with van der Waals surface area (Å²) in [6.45, 7) is 0. The molecule has 0 radical (unpaired) electrons. The Morgan fingerprint density at radius 3 is 2.43 bits per heavy atom. The third-order valence-electron chi connectivity index (χ3n) is 3.41. The number of rotatable bonds is 3. The molecule has 2 heterocycles. The second kappa shape index (κ2) is 5.66. The molecule has 1 N–H and O–H groups in total. The van der Waals surface area contributed by atoms with Crippen molar-refractivity contribution in [2.45, 2.75) is 0 Å². The molecular weight excluding hydrogens is 308 g/mol. The van der Waals surface area contributed by atoms with Crippen LogP contribution in [-0.4, -0.2) is 20.5 Å². The summed E-state index contributed by atoms with van der Waals surface area (Å²) in [5, 5.41) is 9.14. The predicted octanol–water partition coefficient (Wildman–Crippen LogP) is 3.71. The fourth-order valence-electron chi connectivity index (χ4n) is 2.30. The molecule has 0 saturated carbocycles. The Hall–Kier alpha value is -2.99. The second-order valence-electron chi connectivity index (χ2n) is 4.94. The molecule has 0 fully saturated rings. The molecule has 0 spiro atoms. The summed E-state index contributed by atoms with van der Waals surface area (Å²) >= 11 is 1.49. The number of anilines is 1. The molecular formula is C17H12N4OS. The van der Waals surface area contributed by atoms with Crippen LogP contribution in [-0.2, 0) is 0 Å². The lowest BCUT2D eigenvalue weighted by Crippen LogP contribution is -2.12. The molecule has 0 aliphatic rings. The van der Waals surface area contributed by atoms with Crippen molar-refractivity contribution in [3.05, 3.63) is 71.6 Å². The Bertz CT molecular complexity index is 960. The van der Waals surface area contributed by atoms with Gasteiger partial charge in [-0.05, 0) is 12.1 Å². The Morgan fingerprint density at radius 2 is 1.70 bits per heavy atom. The molecule has 4 aromatic rings. The van der Waals surface area contributed by atoms with Crippen LogP contribution in [0.1, 0.15) is 10.4 Å². The number of amides is 1. The van der Waals surface area contributed by atoms with Gasteiger partial charge in [-0.15, -0.1) is 16.4 Å². The van der Waals surface area contributed by atoms with Gasteiger partial charge in [0.2, 0.25) is 4.96 Å². The maximum absolute atomic E-state index is 12.2. The van der Waals surface area contributed by atoms with Crippen LogP contribution in [0.3, 0.4) is 0 Å². The van der Waals surface area contributed by atoms with E-state index in [2.05, 4.69) is 15.4 Å². The Kier molecular flexibility index (Phi) is 3.36. The van der Waals surface area contributed by atoms with Crippen LogP contribution in [0.5, 0.6) is 0 Å². The van der Waals surface area contributed by atoms with Crippen molar-refractivity contribution in [1.29, 1.82) is 0 Å². The normalized spacial score (nSPS) is 10.8. The number of aromatic nitrogens is 3. The van der Waals surface area contributed by atoms with E-state index in [1.165, 1.54) is 11.3 Å². The van der Waals surface area contributed by atoms with Gasteiger partial charge in [0.25, 0.3) is 11.9 Å². The summed E-state index contributed by atoms with van der Waals surface area (Å²) in [7, 11) is 0. The molecule has 0 aliphatic heterocycles. The minimum atomic E-state index is -0.217. The van der Waals surface area contributed by atoms with Crippen LogP contribution >= 0.6 is 11.3 Å². The van der Waals surface area contributed by atoms with Crippen LogP contribution < -0.4 is 5.32 Å². The number of hydrogen-bond donors (Lipinski definition) is 1. The Balaban J connectivity index is 1.65. The molecule has 23 heavy (non-hydrogen) atoms. The van der Waals surface area contributed by atoms with Crippen molar-refractivity contribution in [3.8, 4) is 11.3 Å². The smallest absolute Gasteiger partial charge is 0.258 e. The standard InChI is InChI=1S/C17H12N4OS/c22-15(13-9-5-2-6-10-13)18-16-19-17-21(20-16)14(11-23-17)12-7-3-1-4-8-12/h1-11H,(H,18,20,22). The number of fused-ring (bicyclic) bond motifs is 1. The Morgan fingerprint density at radius 1 is 1.00 bits per heavy atom. The first-order valence-corrected chi connectivity index (χ1v) is 7.95. The molecule has 4 rings (SSSR count). The maximum Gasteiger partial charge on any atom is 0.258 e. The highest BCUT2D eigenvalue weighted by Gasteiger charge is 2.13. The largest absolute Gasteiger partial charge is 0.289 e. The summed E-state index contributed by atoms with van der Waals surface area (Å²) in [5.74, 6) is 0.0907. The highest BCUT2D eigenvalue weighted by Crippen LogP contribution is 2.25. The number of carbonyl (C=O) groups is 1. The number of hydrogen-bond acceptors (Lipinski definition) is 4. The minimum Gasteiger partial charge on any atom is -0.289 e. The van der Waals surface area contributed by atoms with E-state index in [4.69, 9.17) is 0 Å². The van der Waals surface area contributed by atoms with E-state index >= 15 is 0 Å². The van der Waals surface area contributed by atoms with E-state index in [1.54, 1.807) is 16.6 Å². The van der Waals surface area contributed by atoms with E-state index in [-0.39, 0.29) is 5.91 Å². The van der Waals surface area contributed by atoms with Crippen molar-refractivity contribution in [1.82, 2.24) is 14.6 Å². The van der Waals surface area contributed by atoms with Crippen molar-refractivity contribution in [3.63, 3.8) is 0 Å². The number of carbonyl (C=O) groups excluding carboxylic acids is 1. The molecule has 0 bridgehead atoms. The van der Waals surface area contributed by atoms with Gasteiger partial charge in [0, 0.05) is 16.5 Å². The lowest BCUT2D eigenvalue weighted by molar-refractivity contribution is 0.102. The first-order valence-electron chi connectivity index (χ1n) is 7.07. The molecule has 112 valence electrons. The third kappa shape index (κ3) is 2.60. The zero-order chi connectivity index (χ0) is 15.6. The molecule has 1 amide bonds. The number of benzene rings is 2. The van der Waals surface area contributed by atoms with Gasteiger partial charge >= 0.3 is 0 Å². The first-order chi connectivity index (χ1) is 11.3. The zero-order valence-electron chi connectivity index (χ0n) is 12.0. The molecule has 0 atom stereocenters. The fraction of sp³-hybridized carbons (Fsp3) is 0. The second-order valence-corrected chi connectivity index (χ2v) is 5.77. The molecule has 6 heteroatoms. The number of nitrogens with zero attached hydrogens (tertiary/aromatic N) is 3. The van der Waals surface area contributed by atoms with Crippen LogP contribution in [0.15, 0.2) is 66.0 Å². The van der Waals surface area contributed by atoms with E-state index in [0.717, 1.165) is 16.2 Å². The van der Waals surface area contributed by atoms with E-state index < -0.39 is 0 Å². The quantitative estimate of drug-likeness (QED) is 0.626. The average molecular weight is 320 g/mol. The van der Waals surface area contributed by atoms with Crippen LogP contribution in [0.4, 0.5) is 5.95 Å². The van der Waals surface area contributed by atoms with E-state index in [9.17, 15) is 4.79 Å². The van der Waals surface area contributed by atoms with Crippen LogP contribution in [0, 0.1) is 0 Å². The SMILES string of the molecule is O=C(Nc1nc2scc(-c3ccccc3)n2n1)c1ccccc1. The van der Waals surface area contributed by atoms with Gasteiger partial charge in [-0.25, -0.2) is 4.52 Å². The number of thiazole rings is 1. The lowest BCUT2D eigenvalue weighted by atomic mass is 10.2. The summed E-state index contributed by atoms with van der Waals surface area (Å²) in [6, 6.07) is 19.0. The van der Waals surface area contributed by atoms with E-state index in [1.807, 2.05) is 53.9 Å². The van der Waals surface area contributed by atoms with Gasteiger partial charge in [-0.3, -0.25) is 10.1 Å². The van der Waals surface area contributed by atoms with Gasteiger partial charge in [0.1, 0.15) is 0 Å². The summed E-state index contributed by atoms with van der Waals surface area (Å²) in [6.07, 6.45) is 0. The lowest BCUT2D eigenvalue weighted by Gasteiger charge is -2.00. The zero-order valence-corrected chi connectivity index (χ0v) is 12.8. The predicted molar refractivity (Wildman–Crippen MR) is 90.7 cm³/mol. The van der Waals surface area contributed by atoms with Crippen molar-refractivity contribution < 1.29 is 4.79 Å². The van der Waals surface area contributed by atoms with Crippen molar-refractivity contribution in [2.24, 2.45) is 0 Å². The number of nitrogens with one attached hydrogen (secondary N) is 1. The molecule has 0 aliphatic carbocycles. The Labute approximate surface area is 136 Å². The van der Waals surface area contributed by atoms with Crippen molar-refractivity contribution >= 4 is 28.2 Å². The monoisotopic (exact) mass is 320 g/mol. The summed E-state index contributed by atoms with van der Waals surface area (Å²) in [4.78, 5) is 17.3. The van der Waals surface area contributed by atoms with Crippen LogP contribution in [0.2, 0.25) is 0 Å².